The lowest BCUT2D eigenvalue weighted by Crippen LogP contribution is -2.34. The molecule has 0 bridgehead atoms. The first kappa shape index (κ1) is 13.3. The standard InChI is InChI=1S/C13H17BrN2O2/c1-13(2,3)18-12(17)16-10-6-9(10)8-4-5-11(14)15-7-8/h4-5,7,9-10H,6H2,1-3H3,(H,16,17). The number of aromatic nitrogens is 1. The second-order valence-electron chi connectivity index (χ2n) is 5.51. The van der Waals surface area contributed by atoms with Crippen LogP contribution in [-0.2, 0) is 4.74 Å². The first-order chi connectivity index (χ1) is 8.35. The molecule has 2 rings (SSSR count). The number of carbonyl (C=O) groups excluding carboxylic acids is 1. The van der Waals surface area contributed by atoms with E-state index >= 15 is 0 Å². The van der Waals surface area contributed by atoms with E-state index in [0.29, 0.717) is 5.92 Å². The minimum absolute atomic E-state index is 0.169. The lowest BCUT2D eigenvalue weighted by Gasteiger charge is -2.19. The first-order valence-corrected chi connectivity index (χ1v) is 6.75. The largest absolute Gasteiger partial charge is 0.444 e. The minimum Gasteiger partial charge on any atom is -0.444 e. The van der Waals surface area contributed by atoms with Gasteiger partial charge in [0.1, 0.15) is 10.2 Å². The lowest BCUT2D eigenvalue weighted by atomic mass is 10.2. The molecular formula is C13H17BrN2O2. The molecule has 98 valence electrons. The summed E-state index contributed by atoms with van der Waals surface area (Å²) >= 11 is 3.30. The van der Waals surface area contributed by atoms with Crippen molar-refractivity contribution in [2.24, 2.45) is 0 Å². The van der Waals surface area contributed by atoms with Gasteiger partial charge in [-0.25, -0.2) is 9.78 Å². The molecule has 1 saturated carbocycles. The Bertz CT molecular complexity index is 439. The second-order valence-corrected chi connectivity index (χ2v) is 6.32. The fourth-order valence-electron chi connectivity index (χ4n) is 1.79. The van der Waals surface area contributed by atoms with Crippen LogP contribution in [0.4, 0.5) is 4.79 Å². The summed E-state index contributed by atoms with van der Waals surface area (Å²) in [6.45, 7) is 5.57. The molecule has 1 aliphatic carbocycles. The zero-order valence-corrected chi connectivity index (χ0v) is 12.3. The number of nitrogens with zero attached hydrogens (tertiary/aromatic N) is 1. The summed E-state index contributed by atoms with van der Waals surface area (Å²) in [6.07, 6.45) is 2.44. The van der Waals surface area contributed by atoms with E-state index in [1.54, 1.807) is 0 Å². The van der Waals surface area contributed by atoms with E-state index in [4.69, 9.17) is 4.74 Å². The van der Waals surface area contributed by atoms with E-state index in [2.05, 4.69) is 26.2 Å². The molecule has 0 saturated heterocycles. The normalized spacial score (nSPS) is 22.4. The van der Waals surface area contributed by atoms with Crippen LogP contribution in [0.3, 0.4) is 0 Å². The summed E-state index contributed by atoms with van der Waals surface area (Å²) in [4.78, 5) is 15.8. The molecule has 1 aliphatic rings. The molecule has 0 aliphatic heterocycles. The molecule has 1 amide bonds. The highest BCUT2D eigenvalue weighted by Gasteiger charge is 2.40. The number of alkyl carbamates (subject to hydrolysis) is 1. The number of hydrogen-bond acceptors (Lipinski definition) is 3. The molecule has 4 nitrogen and oxygen atoms in total. The number of rotatable bonds is 2. The van der Waals surface area contributed by atoms with Crippen LogP contribution in [0.25, 0.3) is 0 Å². The Kier molecular flexibility index (Phi) is 3.61. The Balaban J connectivity index is 1.85. The maximum Gasteiger partial charge on any atom is 0.407 e. The fraction of sp³-hybridized carbons (Fsp3) is 0.538. The molecule has 2 unspecified atom stereocenters. The van der Waals surface area contributed by atoms with Crippen molar-refractivity contribution >= 4 is 22.0 Å². The maximum absolute atomic E-state index is 11.6. The quantitative estimate of drug-likeness (QED) is 0.853. The highest BCUT2D eigenvalue weighted by molar-refractivity contribution is 9.10. The topological polar surface area (TPSA) is 51.2 Å². The lowest BCUT2D eigenvalue weighted by molar-refractivity contribution is 0.0523. The Labute approximate surface area is 115 Å². The van der Waals surface area contributed by atoms with Gasteiger partial charge in [0.05, 0.1) is 0 Å². The number of amides is 1. The molecule has 0 spiro atoms. The Morgan fingerprint density at radius 1 is 1.50 bits per heavy atom. The number of ether oxygens (including phenoxy) is 1. The van der Waals surface area contributed by atoms with Gasteiger partial charge in [0.15, 0.2) is 0 Å². The molecule has 1 fully saturated rings. The second kappa shape index (κ2) is 4.88. The Morgan fingerprint density at radius 2 is 2.22 bits per heavy atom. The van der Waals surface area contributed by atoms with Gasteiger partial charge >= 0.3 is 6.09 Å². The third-order valence-corrected chi connectivity index (χ3v) is 3.14. The van der Waals surface area contributed by atoms with Gasteiger partial charge in [-0.2, -0.15) is 0 Å². The molecule has 0 aromatic carbocycles. The van der Waals surface area contributed by atoms with Crippen LogP contribution in [0, 0.1) is 0 Å². The SMILES string of the molecule is CC(C)(C)OC(=O)NC1CC1c1ccc(Br)nc1. The monoisotopic (exact) mass is 312 g/mol. The van der Waals surface area contributed by atoms with Gasteiger partial charge in [0, 0.05) is 18.2 Å². The number of nitrogens with one attached hydrogen (secondary N) is 1. The Morgan fingerprint density at radius 3 is 2.78 bits per heavy atom. The maximum atomic E-state index is 11.6. The average Bonchev–Trinajstić information content (AvgIpc) is 2.95. The minimum atomic E-state index is -0.451. The summed E-state index contributed by atoms with van der Waals surface area (Å²) < 4.78 is 6.04. The highest BCUT2D eigenvalue weighted by atomic mass is 79.9. The van der Waals surface area contributed by atoms with Crippen molar-refractivity contribution in [3.05, 3.63) is 28.5 Å². The summed E-state index contributed by atoms with van der Waals surface area (Å²) in [5, 5.41) is 2.87. The van der Waals surface area contributed by atoms with E-state index < -0.39 is 5.60 Å². The molecular weight excluding hydrogens is 296 g/mol. The number of pyridine rings is 1. The summed E-state index contributed by atoms with van der Waals surface area (Å²) in [5.74, 6) is 0.359. The van der Waals surface area contributed by atoms with Crippen molar-refractivity contribution in [3.63, 3.8) is 0 Å². The summed E-state index contributed by atoms with van der Waals surface area (Å²) in [6, 6.07) is 4.11. The molecule has 0 radical (unpaired) electrons. The highest BCUT2D eigenvalue weighted by Crippen LogP contribution is 2.40. The van der Waals surface area contributed by atoms with Gasteiger partial charge in [-0.1, -0.05) is 6.07 Å². The van der Waals surface area contributed by atoms with Crippen molar-refractivity contribution in [2.45, 2.75) is 44.8 Å². The van der Waals surface area contributed by atoms with Gasteiger partial charge in [-0.15, -0.1) is 0 Å². The van der Waals surface area contributed by atoms with Gasteiger partial charge in [-0.3, -0.25) is 0 Å². The third kappa shape index (κ3) is 3.70. The molecule has 5 heteroatoms. The summed E-state index contributed by atoms with van der Waals surface area (Å²) in [7, 11) is 0. The third-order valence-electron chi connectivity index (χ3n) is 2.67. The number of hydrogen-bond donors (Lipinski definition) is 1. The number of carbonyl (C=O) groups is 1. The molecule has 1 aromatic rings. The van der Waals surface area contributed by atoms with Crippen LogP contribution in [0.15, 0.2) is 22.9 Å². The Hall–Kier alpha value is -1.10. The average molecular weight is 313 g/mol. The van der Waals surface area contributed by atoms with Gasteiger partial charge in [0.2, 0.25) is 0 Å². The van der Waals surface area contributed by atoms with Crippen LogP contribution in [0.2, 0.25) is 0 Å². The van der Waals surface area contributed by atoms with Gasteiger partial charge in [-0.05, 0) is 54.8 Å². The van der Waals surface area contributed by atoms with Crippen molar-refractivity contribution in [1.29, 1.82) is 0 Å². The predicted octanol–water partition coefficient (Wildman–Crippen LogP) is 3.22. The van der Waals surface area contributed by atoms with E-state index in [0.717, 1.165) is 16.6 Å². The van der Waals surface area contributed by atoms with Crippen molar-refractivity contribution in [1.82, 2.24) is 10.3 Å². The van der Waals surface area contributed by atoms with E-state index in [9.17, 15) is 4.79 Å². The van der Waals surface area contributed by atoms with Crippen LogP contribution in [0.5, 0.6) is 0 Å². The molecule has 1 heterocycles. The van der Waals surface area contributed by atoms with Gasteiger partial charge < -0.3 is 10.1 Å². The van der Waals surface area contributed by atoms with Crippen LogP contribution in [-0.4, -0.2) is 22.7 Å². The summed E-state index contributed by atoms with van der Waals surface area (Å²) in [5.41, 5.74) is 0.701. The molecule has 1 N–H and O–H groups in total. The van der Waals surface area contributed by atoms with Crippen LogP contribution in [0.1, 0.15) is 38.7 Å². The molecule has 2 atom stereocenters. The first-order valence-electron chi connectivity index (χ1n) is 5.96. The fourth-order valence-corrected chi connectivity index (χ4v) is 2.02. The van der Waals surface area contributed by atoms with E-state index in [-0.39, 0.29) is 12.1 Å². The van der Waals surface area contributed by atoms with E-state index in [1.807, 2.05) is 39.1 Å². The smallest absolute Gasteiger partial charge is 0.407 e. The molecule has 18 heavy (non-hydrogen) atoms. The van der Waals surface area contributed by atoms with Crippen LogP contribution >= 0.6 is 15.9 Å². The van der Waals surface area contributed by atoms with E-state index in [1.165, 1.54) is 0 Å². The zero-order chi connectivity index (χ0) is 13.3. The number of halogens is 1. The van der Waals surface area contributed by atoms with Crippen molar-refractivity contribution < 1.29 is 9.53 Å². The zero-order valence-electron chi connectivity index (χ0n) is 10.7. The molecule has 1 aromatic heterocycles. The van der Waals surface area contributed by atoms with Crippen molar-refractivity contribution in [3.8, 4) is 0 Å². The predicted molar refractivity (Wildman–Crippen MR) is 72.5 cm³/mol. The van der Waals surface area contributed by atoms with Crippen LogP contribution < -0.4 is 5.32 Å². The van der Waals surface area contributed by atoms with Crippen molar-refractivity contribution in [2.75, 3.05) is 0 Å². The van der Waals surface area contributed by atoms with Gasteiger partial charge in [0.25, 0.3) is 0 Å².